The van der Waals surface area contributed by atoms with E-state index in [2.05, 4.69) is 40.8 Å². The van der Waals surface area contributed by atoms with Gasteiger partial charge in [-0.25, -0.2) is 0 Å². The minimum Gasteiger partial charge on any atom is -0.377 e. The molecule has 1 aromatic carbocycles. The molecule has 2 rings (SSSR count). The van der Waals surface area contributed by atoms with Crippen LogP contribution in [0.1, 0.15) is 25.3 Å². The summed E-state index contributed by atoms with van der Waals surface area (Å²) >= 11 is 0. The fraction of sp³-hybridized carbons (Fsp3) is 0.526. The van der Waals surface area contributed by atoms with E-state index in [1.165, 1.54) is 11.1 Å². The molecular weight excluding hydrogens is 302 g/mol. The van der Waals surface area contributed by atoms with Crippen molar-refractivity contribution in [1.82, 2.24) is 10.6 Å². The molecule has 1 heterocycles. The van der Waals surface area contributed by atoms with Crippen molar-refractivity contribution in [3.63, 3.8) is 0 Å². The molecule has 0 bridgehead atoms. The summed E-state index contributed by atoms with van der Waals surface area (Å²) in [6.07, 6.45) is 4.27. The Bertz CT molecular complexity index is 515. The first-order valence-electron chi connectivity index (χ1n) is 8.78. The van der Waals surface area contributed by atoms with Crippen molar-refractivity contribution in [3.8, 4) is 0 Å². The monoisotopic (exact) mass is 331 g/mol. The van der Waals surface area contributed by atoms with Gasteiger partial charge in [-0.3, -0.25) is 4.99 Å². The average Bonchev–Trinajstić information content (AvgIpc) is 2.63. The lowest BCUT2D eigenvalue weighted by Crippen LogP contribution is -2.38. The van der Waals surface area contributed by atoms with Gasteiger partial charge in [0.25, 0.3) is 0 Å². The first-order chi connectivity index (χ1) is 11.9. The molecule has 0 fully saturated rings. The number of benzene rings is 1. The molecule has 1 aromatic rings. The summed E-state index contributed by atoms with van der Waals surface area (Å²) < 4.78 is 11.0. The standard InChI is InChI=1S/C19H29N3O2/c1-2-20-19(21-11-8-17-9-13-23-14-10-17)22-12-15-24-16-18-6-4-3-5-7-18/h3-7,9H,2,8,10-16H2,1H3,(H2,20,21,22). The van der Waals surface area contributed by atoms with Crippen LogP contribution in [0.4, 0.5) is 0 Å². The fourth-order valence-corrected chi connectivity index (χ4v) is 2.46. The highest BCUT2D eigenvalue weighted by molar-refractivity contribution is 5.79. The van der Waals surface area contributed by atoms with Gasteiger partial charge in [0.2, 0.25) is 0 Å². The van der Waals surface area contributed by atoms with Crippen molar-refractivity contribution in [1.29, 1.82) is 0 Å². The van der Waals surface area contributed by atoms with E-state index in [4.69, 9.17) is 9.47 Å². The molecule has 0 saturated carbocycles. The number of aliphatic imine (C=N–C) groups is 1. The summed E-state index contributed by atoms with van der Waals surface area (Å²) in [6.45, 7) is 7.32. The van der Waals surface area contributed by atoms with E-state index in [-0.39, 0.29) is 0 Å². The van der Waals surface area contributed by atoms with Gasteiger partial charge in [0.05, 0.1) is 33.0 Å². The fourth-order valence-electron chi connectivity index (χ4n) is 2.46. The summed E-state index contributed by atoms with van der Waals surface area (Å²) in [5, 5.41) is 6.65. The summed E-state index contributed by atoms with van der Waals surface area (Å²) in [5.41, 5.74) is 2.66. The first-order valence-corrected chi connectivity index (χ1v) is 8.78. The molecule has 0 unspecified atom stereocenters. The molecule has 0 atom stereocenters. The lowest BCUT2D eigenvalue weighted by molar-refractivity contribution is 0.128. The molecule has 0 aliphatic carbocycles. The molecule has 0 amide bonds. The van der Waals surface area contributed by atoms with Crippen molar-refractivity contribution in [2.45, 2.75) is 26.4 Å². The topological polar surface area (TPSA) is 54.9 Å². The second-order valence-corrected chi connectivity index (χ2v) is 5.66. The van der Waals surface area contributed by atoms with Crippen LogP contribution in [-0.2, 0) is 16.1 Å². The SMILES string of the molecule is CCNC(=NCCOCc1ccccc1)NCCC1=CCOCC1. The van der Waals surface area contributed by atoms with E-state index in [1.807, 2.05) is 18.2 Å². The van der Waals surface area contributed by atoms with Crippen molar-refractivity contribution < 1.29 is 9.47 Å². The Kier molecular flexibility index (Phi) is 8.97. The molecule has 0 aromatic heterocycles. The number of nitrogens with one attached hydrogen (secondary N) is 2. The Morgan fingerprint density at radius 2 is 2.12 bits per heavy atom. The van der Waals surface area contributed by atoms with E-state index < -0.39 is 0 Å². The number of hydrogen-bond acceptors (Lipinski definition) is 3. The van der Waals surface area contributed by atoms with E-state index in [0.29, 0.717) is 19.8 Å². The third-order valence-corrected chi connectivity index (χ3v) is 3.76. The predicted molar refractivity (Wildman–Crippen MR) is 98.2 cm³/mol. The second-order valence-electron chi connectivity index (χ2n) is 5.66. The summed E-state index contributed by atoms with van der Waals surface area (Å²) in [7, 11) is 0. The van der Waals surface area contributed by atoms with Crippen molar-refractivity contribution in [3.05, 3.63) is 47.5 Å². The Morgan fingerprint density at radius 3 is 2.88 bits per heavy atom. The molecule has 0 saturated heterocycles. The molecule has 5 nitrogen and oxygen atoms in total. The maximum atomic E-state index is 5.66. The van der Waals surface area contributed by atoms with Crippen molar-refractivity contribution in [2.24, 2.45) is 4.99 Å². The molecule has 24 heavy (non-hydrogen) atoms. The van der Waals surface area contributed by atoms with Crippen LogP contribution >= 0.6 is 0 Å². The van der Waals surface area contributed by atoms with Crippen LogP contribution in [0.15, 0.2) is 47.0 Å². The van der Waals surface area contributed by atoms with E-state index >= 15 is 0 Å². The maximum Gasteiger partial charge on any atom is 0.191 e. The van der Waals surface area contributed by atoms with Crippen LogP contribution in [0, 0.1) is 0 Å². The van der Waals surface area contributed by atoms with Crippen LogP contribution in [0.5, 0.6) is 0 Å². The zero-order chi connectivity index (χ0) is 16.9. The van der Waals surface area contributed by atoms with Gasteiger partial charge in [0, 0.05) is 13.1 Å². The zero-order valence-corrected chi connectivity index (χ0v) is 14.6. The Balaban J connectivity index is 1.63. The second kappa shape index (κ2) is 11.6. The van der Waals surface area contributed by atoms with Crippen LogP contribution in [0.25, 0.3) is 0 Å². The number of rotatable bonds is 9. The Hall–Kier alpha value is -1.85. The third kappa shape index (κ3) is 7.62. The average molecular weight is 331 g/mol. The quantitative estimate of drug-likeness (QED) is 0.316. The Morgan fingerprint density at radius 1 is 1.25 bits per heavy atom. The summed E-state index contributed by atoms with van der Waals surface area (Å²) in [5.74, 6) is 0.855. The number of ether oxygens (including phenoxy) is 2. The van der Waals surface area contributed by atoms with Gasteiger partial charge in [-0.2, -0.15) is 0 Å². The lowest BCUT2D eigenvalue weighted by Gasteiger charge is -2.15. The van der Waals surface area contributed by atoms with Crippen LogP contribution in [0.2, 0.25) is 0 Å². The first kappa shape index (κ1) is 18.5. The van der Waals surface area contributed by atoms with E-state index in [9.17, 15) is 0 Å². The molecule has 0 spiro atoms. The molecule has 2 N–H and O–H groups in total. The number of nitrogens with zero attached hydrogens (tertiary/aromatic N) is 1. The van der Waals surface area contributed by atoms with Gasteiger partial charge in [-0.05, 0) is 25.3 Å². The van der Waals surface area contributed by atoms with Gasteiger partial charge in [0.1, 0.15) is 0 Å². The minimum absolute atomic E-state index is 0.619. The maximum absolute atomic E-state index is 5.66. The third-order valence-electron chi connectivity index (χ3n) is 3.76. The lowest BCUT2D eigenvalue weighted by atomic mass is 10.1. The van der Waals surface area contributed by atoms with Gasteiger partial charge >= 0.3 is 0 Å². The van der Waals surface area contributed by atoms with Crippen LogP contribution in [0.3, 0.4) is 0 Å². The Labute approximate surface area is 145 Å². The predicted octanol–water partition coefficient (Wildman–Crippen LogP) is 2.50. The molecule has 1 aliphatic heterocycles. The van der Waals surface area contributed by atoms with Crippen LogP contribution in [-0.4, -0.2) is 45.4 Å². The van der Waals surface area contributed by atoms with Crippen LogP contribution < -0.4 is 10.6 Å². The smallest absolute Gasteiger partial charge is 0.191 e. The summed E-state index contributed by atoms with van der Waals surface area (Å²) in [4.78, 5) is 4.55. The summed E-state index contributed by atoms with van der Waals surface area (Å²) in [6, 6.07) is 10.2. The highest BCUT2D eigenvalue weighted by atomic mass is 16.5. The highest BCUT2D eigenvalue weighted by Crippen LogP contribution is 2.10. The van der Waals surface area contributed by atoms with Gasteiger partial charge in [-0.15, -0.1) is 0 Å². The minimum atomic E-state index is 0.619. The van der Waals surface area contributed by atoms with Gasteiger partial charge in [-0.1, -0.05) is 42.0 Å². The van der Waals surface area contributed by atoms with Gasteiger partial charge in [0.15, 0.2) is 5.96 Å². The molecule has 0 radical (unpaired) electrons. The molecule has 132 valence electrons. The van der Waals surface area contributed by atoms with Gasteiger partial charge < -0.3 is 20.1 Å². The van der Waals surface area contributed by atoms with Crippen molar-refractivity contribution >= 4 is 5.96 Å². The zero-order valence-electron chi connectivity index (χ0n) is 14.6. The molecule has 5 heteroatoms. The highest BCUT2D eigenvalue weighted by Gasteiger charge is 2.04. The normalized spacial score (nSPS) is 15.0. The largest absolute Gasteiger partial charge is 0.377 e. The number of hydrogen-bond donors (Lipinski definition) is 2. The van der Waals surface area contributed by atoms with E-state index in [1.54, 1.807) is 0 Å². The van der Waals surface area contributed by atoms with E-state index in [0.717, 1.165) is 45.1 Å². The molecular formula is C19H29N3O2. The van der Waals surface area contributed by atoms with Crippen molar-refractivity contribution in [2.75, 3.05) is 39.5 Å². The molecule has 1 aliphatic rings. The number of guanidine groups is 1.